The Morgan fingerprint density at radius 3 is 2.23 bits per heavy atom. The summed E-state index contributed by atoms with van der Waals surface area (Å²) in [6, 6.07) is 14.4. The van der Waals surface area contributed by atoms with Crippen molar-refractivity contribution >= 4 is 17.5 Å². The van der Waals surface area contributed by atoms with Crippen LogP contribution in [0.2, 0.25) is 5.02 Å². The monoisotopic (exact) mass is 438 g/mol. The van der Waals surface area contributed by atoms with Gasteiger partial charge >= 0.3 is 0 Å². The Balaban J connectivity index is 2.06. The van der Waals surface area contributed by atoms with Gasteiger partial charge in [0, 0.05) is 22.2 Å². The van der Waals surface area contributed by atoms with Crippen LogP contribution in [0.3, 0.4) is 0 Å². The predicted octanol–water partition coefficient (Wildman–Crippen LogP) is 4.73. The molecule has 0 spiro atoms. The van der Waals surface area contributed by atoms with E-state index in [2.05, 4.69) is 0 Å². The SMILES string of the molecule is CC1C2(c3ccc(Cl)cc3)OC(=N)C1(C#N)C(C#N)(C#N)C(c1ccc(F)cc1F)O2. The van der Waals surface area contributed by atoms with Crippen LogP contribution in [0.4, 0.5) is 8.78 Å². The number of rotatable bonds is 2. The number of hydrogen-bond acceptors (Lipinski definition) is 6. The Labute approximate surface area is 181 Å². The molecule has 31 heavy (non-hydrogen) atoms. The van der Waals surface area contributed by atoms with Crippen molar-refractivity contribution in [3.8, 4) is 18.2 Å². The third kappa shape index (κ3) is 2.39. The van der Waals surface area contributed by atoms with Crippen LogP contribution >= 0.6 is 11.6 Å². The average Bonchev–Trinajstić information content (AvgIpc) is 2.91. The second kappa shape index (κ2) is 6.75. The van der Waals surface area contributed by atoms with Crippen molar-refractivity contribution in [2.24, 2.45) is 16.7 Å². The second-order valence-electron chi connectivity index (χ2n) is 7.44. The average molecular weight is 439 g/mol. The molecule has 0 radical (unpaired) electrons. The van der Waals surface area contributed by atoms with Gasteiger partial charge < -0.3 is 9.47 Å². The molecule has 2 aromatic rings. The molecular weight excluding hydrogens is 426 g/mol. The standard InChI is InChI=1S/C22H13ClF2N4O2/c1-12-21(11-28)19(29)31-22(12,13-2-4-14(23)5-3-13)30-18(20(21,9-26)10-27)16-7-6-15(24)8-17(16)25/h2-8,12,18,29H,1H3. The lowest BCUT2D eigenvalue weighted by atomic mass is 9.53. The van der Waals surface area contributed by atoms with Gasteiger partial charge in [-0.15, -0.1) is 0 Å². The molecule has 6 nitrogen and oxygen atoms in total. The largest absolute Gasteiger partial charge is 0.443 e. The second-order valence-corrected chi connectivity index (χ2v) is 7.88. The minimum atomic E-state index is -2.34. The zero-order chi connectivity index (χ0) is 22.6. The molecular formula is C22H13ClF2N4O2. The van der Waals surface area contributed by atoms with E-state index in [9.17, 15) is 24.6 Å². The molecule has 2 aliphatic rings. The predicted molar refractivity (Wildman–Crippen MR) is 103 cm³/mol. The molecule has 0 amide bonds. The fourth-order valence-corrected chi connectivity index (χ4v) is 4.67. The summed E-state index contributed by atoms with van der Waals surface area (Å²) in [5.74, 6) is -5.33. The van der Waals surface area contributed by atoms with E-state index >= 15 is 0 Å². The van der Waals surface area contributed by atoms with Crippen LogP contribution < -0.4 is 0 Å². The van der Waals surface area contributed by atoms with Gasteiger partial charge in [-0.1, -0.05) is 36.7 Å². The van der Waals surface area contributed by atoms with Gasteiger partial charge in [0.05, 0.1) is 24.1 Å². The normalized spacial score (nSPS) is 30.5. The summed E-state index contributed by atoms with van der Waals surface area (Å²) in [6.45, 7) is 1.53. The summed E-state index contributed by atoms with van der Waals surface area (Å²) in [5, 5.41) is 39.2. The molecule has 2 saturated heterocycles. The molecule has 0 aromatic heterocycles. The first-order valence-electron chi connectivity index (χ1n) is 9.13. The minimum absolute atomic E-state index is 0.298. The third-order valence-electron chi connectivity index (χ3n) is 6.16. The number of fused-ring (bicyclic) bond motifs is 2. The van der Waals surface area contributed by atoms with Crippen molar-refractivity contribution in [3.05, 3.63) is 70.2 Å². The van der Waals surface area contributed by atoms with Crippen LogP contribution in [0.5, 0.6) is 0 Å². The quantitative estimate of drug-likeness (QED) is 0.728. The lowest BCUT2D eigenvalue weighted by molar-refractivity contribution is -0.289. The Bertz CT molecular complexity index is 1220. The van der Waals surface area contributed by atoms with Gasteiger partial charge in [0.2, 0.25) is 17.1 Å². The molecule has 0 aliphatic carbocycles. The highest BCUT2D eigenvalue weighted by Crippen LogP contribution is 2.69. The van der Waals surface area contributed by atoms with Gasteiger partial charge in [0.15, 0.2) is 5.41 Å². The van der Waals surface area contributed by atoms with E-state index in [-0.39, 0.29) is 5.56 Å². The summed E-state index contributed by atoms with van der Waals surface area (Å²) in [4.78, 5) is 0. The summed E-state index contributed by atoms with van der Waals surface area (Å²) in [5.41, 5.74) is -4.36. The Hall–Kier alpha value is -3.51. The van der Waals surface area contributed by atoms with Crippen LogP contribution in [0, 0.1) is 67.8 Å². The highest BCUT2D eigenvalue weighted by molar-refractivity contribution is 6.30. The van der Waals surface area contributed by atoms with Gasteiger partial charge in [0.25, 0.3) is 0 Å². The van der Waals surface area contributed by atoms with Gasteiger partial charge in [-0.3, -0.25) is 5.41 Å². The zero-order valence-electron chi connectivity index (χ0n) is 16.0. The minimum Gasteiger partial charge on any atom is -0.443 e. The highest BCUT2D eigenvalue weighted by atomic mass is 35.5. The maximum atomic E-state index is 14.8. The Morgan fingerprint density at radius 2 is 1.68 bits per heavy atom. The van der Waals surface area contributed by atoms with Gasteiger partial charge in [-0.2, -0.15) is 15.8 Å². The molecule has 0 saturated carbocycles. The Morgan fingerprint density at radius 1 is 1.03 bits per heavy atom. The molecule has 1 N–H and O–H groups in total. The fraction of sp³-hybridized carbons (Fsp3) is 0.273. The van der Waals surface area contributed by atoms with E-state index in [0.29, 0.717) is 16.7 Å². The maximum Gasteiger partial charge on any atom is 0.244 e. The van der Waals surface area contributed by atoms with Crippen LogP contribution in [-0.2, 0) is 15.3 Å². The zero-order valence-corrected chi connectivity index (χ0v) is 16.7. The van der Waals surface area contributed by atoms with Crippen molar-refractivity contribution in [1.29, 1.82) is 21.2 Å². The number of halogens is 3. The molecule has 4 atom stereocenters. The van der Waals surface area contributed by atoms with E-state index in [0.717, 1.165) is 12.1 Å². The maximum absolute atomic E-state index is 14.8. The molecule has 2 heterocycles. The van der Waals surface area contributed by atoms with Gasteiger partial charge in [-0.25, -0.2) is 8.78 Å². The molecule has 2 bridgehead atoms. The van der Waals surface area contributed by atoms with Crippen molar-refractivity contribution in [3.63, 3.8) is 0 Å². The summed E-state index contributed by atoms with van der Waals surface area (Å²) < 4.78 is 40.3. The number of ether oxygens (including phenoxy) is 2. The molecule has 4 unspecified atom stereocenters. The molecule has 4 rings (SSSR count). The number of benzene rings is 2. The van der Waals surface area contributed by atoms with E-state index in [1.807, 2.05) is 6.07 Å². The van der Waals surface area contributed by atoms with Crippen LogP contribution in [0.15, 0.2) is 42.5 Å². The summed E-state index contributed by atoms with van der Waals surface area (Å²) in [7, 11) is 0. The first-order chi connectivity index (χ1) is 14.7. The molecule has 154 valence electrons. The van der Waals surface area contributed by atoms with Gasteiger partial charge in [-0.05, 0) is 18.2 Å². The third-order valence-corrected chi connectivity index (χ3v) is 6.41. The smallest absolute Gasteiger partial charge is 0.244 e. The van der Waals surface area contributed by atoms with E-state index in [1.54, 1.807) is 36.4 Å². The van der Waals surface area contributed by atoms with Crippen molar-refractivity contribution in [2.75, 3.05) is 0 Å². The van der Waals surface area contributed by atoms with Crippen molar-refractivity contribution in [2.45, 2.75) is 18.8 Å². The van der Waals surface area contributed by atoms with Crippen LogP contribution in [0.1, 0.15) is 24.2 Å². The first kappa shape index (κ1) is 20.8. The number of hydrogen-bond donors (Lipinski definition) is 1. The first-order valence-corrected chi connectivity index (χ1v) is 9.51. The van der Waals surface area contributed by atoms with Gasteiger partial charge in [0.1, 0.15) is 17.7 Å². The number of nitriles is 3. The number of nitrogens with one attached hydrogen (secondary N) is 1. The lowest BCUT2D eigenvalue weighted by Crippen LogP contribution is -2.57. The molecule has 2 fully saturated rings. The number of nitrogens with zero attached hydrogens (tertiary/aromatic N) is 3. The summed E-state index contributed by atoms with van der Waals surface area (Å²) in [6.07, 6.45) is -1.66. The molecule has 2 aromatic carbocycles. The van der Waals surface area contributed by atoms with Crippen LogP contribution in [0.25, 0.3) is 0 Å². The van der Waals surface area contributed by atoms with E-state index < -0.39 is 46.2 Å². The molecule has 2 aliphatic heterocycles. The van der Waals surface area contributed by atoms with Crippen LogP contribution in [-0.4, -0.2) is 5.90 Å². The fourth-order valence-electron chi connectivity index (χ4n) is 4.54. The highest BCUT2D eigenvalue weighted by Gasteiger charge is 2.79. The summed E-state index contributed by atoms with van der Waals surface area (Å²) >= 11 is 5.97. The van der Waals surface area contributed by atoms with Crippen molar-refractivity contribution in [1.82, 2.24) is 0 Å². The van der Waals surface area contributed by atoms with E-state index in [4.69, 9.17) is 26.5 Å². The van der Waals surface area contributed by atoms with Crippen molar-refractivity contribution < 1.29 is 18.3 Å². The molecule has 9 heteroatoms. The lowest BCUT2D eigenvalue weighted by Gasteiger charge is -2.48. The Kier molecular flexibility index (Phi) is 4.52. The topological polar surface area (TPSA) is 114 Å². The van der Waals surface area contributed by atoms with E-state index in [1.165, 1.54) is 6.92 Å².